The Morgan fingerprint density at radius 3 is 2.23 bits per heavy atom. The van der Waals surface area contributed by atoms with Gasteiger partial charge < -0.3 is 10.5 Å². The van der Waals surface area contributed by atoms with Crippen LogP contribution in [0.5, 0.6) is 5.75 Å². The van der Waals surface area contributed by atoms with Gasteiger partial charge in [0.05, 0.1) is 0 Å². The standard InChI is InChI=1S/C19H23NO.ClH/c1-13-10-17(18(20)16-8-9-16)11-14(2)19(13)21-12-15-6-4-3-5-7-15;/h3-7,10-11,16,18H,8-9,12,20H2,1-2H3;1H/t18-;/m1./s1. The zero-order chi connectivity index (χ0) is 14.8. The number of rotatable bonds is 5. The first-order valence-electron chi connectivity index (χ1n) is 7.68. The highest BCUT2D eigenvalue weighted by Gasteiger charge is 2.29. The topological polar surface area (TPSA) is 35.2 Å². The van der Waals surface area contributed by atoms with Gasteiger partial charge in [-0.15, -0.1) is 12.4 Å². The number of aryl methyl sites for hydroxylation is 2. The van der Waals surface area contributed by atoms with Crippen molar-refractivity contribution in [1.29, 1.82) is 0 Å². The monoisotopic (exact) mass is 317 g/mol. The van der Waals surface area contributed by atoms with E-state index in [2.05, 4.69) is 38.1 Å². The third kappa shape index (κ3) is 3.82. The average molecular weight is 318 g/mol. The van der Waals surface area contributed by atoms with Crippen LogP contribution in [0.3, 0.4) is 0 Å². The Morgan fingerprint density at radius 2 is 1.68 bits per heavy atom. The molecule has 2 nitrogen and oxygen atoms in total. The Balaban J connectivity index is 0.00000176. The van der Waals surface area contributed by atoms with Gasteiger partial charge in [-0.05, 0) is 54.9 Å². The van der Waals surface area contributed by atoms with Crippen LogP contribution in [0.4, 0.5) is 0 Å². The van der Waals surface area contributed by atoms with E-state index in [0.717, 1.165) is 5.75 Å². The molecule has 0 amide bonds. The summed E-state index contributed by atoms with van der Waals surface area (Å²) in [6.07, 6.45) is 2.54. The fraction of sp³-hybridized carbons (Fsp3) is 0.368. The van der Waals surface area contributed by atoms with Crippen molar-refractivity contribution in [2.24, 2.45) is 11.7 Å². The van der Waals surface area contributed by atoms with Gasteiger partial charge in [0.15, 0.2) is 0 Å². The number of hydrogen-bond donors (Lipinski definition) is 1. The van der Waals surface area contributed by atoms with Gasteiger partial charge in [0, 0.05) is 6.04 Å². The quantitative estimate of drug-likeness (QED) is 0.866. The summed E-state index contributed by atoms with van der Waals surface area (Å²) < 4.78 is 6.02. The second kappa shape index (κ2) is 7.17. The largest absolute Gasteiger partial charge is 0.488 e. The Kier molecular flexibility index (Phi) is 5.49. The lowest BCUT2D eigenvalue weighted by Gasteiger charge is -2.17. The van der Waals surface area contributed by atoms with Crippen molar-refractivity contribution < 1.29 is 4.74 Å². The summed E-state index contributed by atoms with van der Waals surface area (Å²) in [6.45, 7) is 4.82. The van der Waals surface area contributed by atoms with Gasteiger partial charge in [-0.25, -0.2) is 0 Å². The Labute approximate surface area is 139 Å². The van der Waals surface area contributed by atoms with Crippen LogP contribution >= 0.6 is 12.4 Å². The molecule has 0 aromatic heterocycles. The van der Waals surface area contributed by atoms with E-state index in [-0.39, 0.29) is 18.4 Å². The van der Waals surface area contributed by atoms with Crippen molar-refractivity contribution in [2.45, 2.75) is 39.3 Å². The minimum absolute atomic E-state index is 0. The maximum Gasteiger partial charge on any atom is 0.125 e. The molecule has 1 aliphatic carbocycles. The molecule has 0 heterocycles. The number of halogens is 1. The van der Waals surface area contributed by atoms with E-state index in [1.54, 1.807) is 0 Å². The van der Waals surface area contributed by atoms with Crippen LogP contribution in [0.25, 0.3) is 0 Å². The molecule has 3 rings (SSSR count). The summed E-state index contributed by atoms with van der Waals surface area (Å²) in [5, 5.41) is 0. The Bertz CT molecular complexity index is 600. The predicted octanol–water partition coefficient (Wildman–Crippen LogP) is 4.71. The zero-order valence-electron chi connectivity index (χ0n) is 13.2. The van der Waals surface area contributed by atoms with Crippen LogP contribution in [-0.2, 0) is 6.61 Å². The molecule has 118 valence electrons. The molecule has 0 saturated heterocycles. The molecule has 22 heavy (non-hydrogen) atoms. The van der Waals surface area contributed by atoms with Crippen LogP contribution < -0.4 is 10.5 Å². The molecule has 0 spiro atoms. The molecule has 3 heteroatoms. The molecule has 0 unspecified atom stereocenters. The molecular weight excluding hydrogens is 294 g/mol. The average Bonchev–Trinajstić information content (AvgIpc) is 3.31. The first-order chi connectivity index (χ1) is 10.1. The van der Waals surface area contributed by atoms with Crippen molar-refractivity contribution in [3.63, 3.8) is 0 Å². The van der Waals surface area contributed by atoms with Crippen LogP contribution in [0, 0.1) is 19.8 Å². The lowest BCUT2D eigenvalue weighted by atomic mass is 9.98. The minimum Gasteiger partial charge on any atom is -0.488 e. The van der Waals surface area contributed by atoms with Crippen molar-refractivity contribution >= 4 is 12.4 Å². The fourth-order valence-corrected chi connectivity index (χ4v) is 2.86. The van der Waals surface area contributed by atoms with E-state index in [9.17, 15) is 0 Å². The first kappa shape index (κ1) is 16.9. The molecule has 1 fully saturated rings. The number of hydrogen-bond acceptors (Lipinski definition) is 2. The number of benzene rings is 2. The molecule has 1 aliphatic rings. The van der Waals surface area contributed by atoms with Crippen molar-refractivity contribution in [3.05, 3.63) is 64.7 Å². The lowest BCUT2D eigenvalue weighted by Crippen LogP contribution is -2.13. The summed E-state index contributed by atoms with van der Waals surface area (Å²) >= 11 is 0. The second-order valence-corrected chi connectivity index (χ2v) is 6.12. The molecule has 0 radical (unpaired) electrons. The summed E-state index contributed by atoms with van der Waals surface area (Å²) in [7, 11) is 0. The molecule has 0 bridgehead atoms. The molecular formula is C19H24ClNO. The van der Waals surface area contributed by atoms with E-state index in [1.165, 1.54) is 35.1 Å². The van der Waals surface area contributed by atoms with Crippen LogP contribution in [0.1, 0.15) is 41.1 Å². The molecule has 1 saturated carbocycles. The highest BCUT2D eigenvalue weighted by molar-refractivity contribution is 5.85. The Morgan fingerprint density at radius 1 is 1.09 bits per heavy atom. The Hall–Kier alpha value is -1.51. The second-order valence-electron chi connectivity index (χ2n) is 6.12. The normalized spacial score (nSPS) is 15.0. The highest BCUT2D eigenvalue weighted by atomic mass is 35.5. The van der Waals surface area contributed by atoms with Crippen LogP contribution in [0.2, 0.25) is 0 Å². The molecule has 2 N–H and O–H groups in total. The van der Waals surface area contributed by atoms with E-state index >= 15 is 0 Å². The summed E-state index contributed by atoms with van der Waals surface area (Å²) in [6, 6.07) is 14.8. The minimum atomic E-state index is 0. The van der Waals surface area contributed by atoms with Gasteiger partial charge in [0.2, 0.25) is 0 Å². The maximum absolute atomic E-state index is 6.31. The maximum atomic E-state index is 6.31. The number of nitrogens with two attached hydrogens (primary N) is 1. The molecule has 0 aliphatic heterocycles. The van der Waals surface area contributed by atoms with Gasteiger partial charge >= 0.3 is 0 Å². The summed E-state index contributed by atoms with van der Waals surface area (Å²) in [5.41, 5.74) is 11.1. The smallest absolute Gasteiger partial charge is 0.125 e. The lowest BCUT2D eigenvalue weighted by molar-refractivity contribution is 0.302. The van der Waals surface area contributed by atoms with Crippen LogP contribution in [0.15, 0.2) is 42.5 Å². The third-order valence-corrected chi connectivity index (χ3v) is 4.22. The van der Waals surface area contributed by atoms with E-state index in [4.69, 9.17) is 10.5 Å². The zero-order valence-corrected chi connectivity index (χ0v) is 14.0. The summed E-state index contributed by atoms with van der Waals surface area (Å²) in [5.74, 6) is 1.67. The molecule has 1 atom stereocenters. The molecule has 2 aromatic rings. The van der Waals surface area contributed by atoms with Crippen molar-refractivity contribution in [1.82, 2.24) is 0 Å². The van der Waals surface area contributed by atoms with Gasteiger partial charge in [-0.3, -0.25) is 0 Å². The highest BCUT2D eigenvalue weighted by Crippen LogP contribution is 2.40. The van der Waals surface area contributed by atoms with Gasteiger partial charge in [0.25, 0.3) is 0 Å². The van der Waals surface area contributed by atoms with E-state index in [0.29, 0.717) is 12.5 Å². The van der Waals surface area contributed by atoms with E-state index < -0.39 is 0 Å². The van der Waals surface area contributed by atoms with Gasteiger partial charge in [0.1, 0.15) is 12.4 Å². The van der Waals surface area contributed by atoms with Crippen LogP contribution in [-0.4, -0.2) is 0 Å². The third-order valence-electron chi connectivity index (χ3n) is 4.22. The fourth-order valence-electron chi connectivity index (χ4n) is 2.86. The first-order valence-corrected chi connectivity index (χ1v) is 7.68. The van der Waals surface area contributed by atoms with Crippen molar-refractivity contribution in [2.75, 3.05) is 0 Å². The molecule has 2 aromatic carbocycles. The van der Waals surface area contributed by atoms with Gasteiger partial charge in [-0.2, -0.15) is 0 Å². The SMILES string of the molecule is Cc1cc([C@H](N)C2CC2)cc(C)c1OCc1ccccc1.Cl. The predicted molar refractivity (Wildman–Crippen MR) is 93.6 cm³/mol. The summed E-state index contributed by atoms with van der Waals surface area (Å²) in [4.78, 5) is 0. The number of ether oxygens (including phenoxy) is 1. The van der Waals surface area contributed by atoms with E-state index in [1.807, 2.05) is 18.2 Å². The van der Waals surface area contributed by atoms with Gasteiger partial charge in [-0.1, -0.05) is 42.5 Å². The van der Waals surface area contributed by atoms with Crippen molar-refractivity contribution in [3.8, 4) is 5.75 Å².